The number of hydrogen-bond donors (Lipinski definition) is 2. The summed E-state index contributed by atoms with van der Waals surface area (Å²) in [5.74, 6) is 0.421. The summed E-state index contributed by atoms with van der Waals surface area (Å²) in [5.41, 5.74) is 0. The van der Waals surface area contributed by atoms with E-state index in [1.165, 1.54) is 0 Å². The molecule has 0 aliphatic carbocycles. The second-order valence-electron chi connectivity index (χ2n) is 5.61. The van der Waals surface area contributed by atoms with Gasteiger partial charge >= 0.3 is 0 Å². The zero-order valence-electron chi connectivity index (χ0n) is 12.2. The van der Waals surface area contributed by atoms with Gasteiger partial charge in [0.15, 0.2) is 0 Å². The summed E-state index contributed by atoms with van der Waals surface area (Å²) < 4.78 is 0. The molecule has 19 heavy (non-hydrogen) atoms. The fraction of sp³-hybridized carbons (Fsp3) is 0.929. The zero-order chi connectivity index (χ0) is 13.5. The third-order valence-corrected chi connectivity index (χ3v) is 4.31. The second kappa shape index (κ2) is 7.82. The highest BCUT2D eigenvalue weighted by Crippen LogP contribution is 2.09. The maximum absolute atomic E-state index is 12.0. The number of carbonyl (C=O) groups is 1. The van der Waals surface area contributed by atoms with E-state index in [4.69, 9.17) is 0 Å². The van der Waals surface area contributed by atoms with E-state index >= 15 is 0 Å². The van der Waals surface area contributed by atoms with Crippen LogP contribution in [0.3, 0.4) is 0 Å². The lowest BCUT2D eigenvalue weighted by Gasteiger charge is -2.34. The molecule has 110 valence electrons. The van der Waals surface area contributed by atoms with Crippen LogP contribution in [0, 0.1) is 5.92 Å². The predicted molar refractivity (Wildman–Crippen MR) is 77.2 cm³/mol. The number of rotatable bonds is 5. The van der Waals surface area contributed by atoms with Crippen LogP contribution in [0.1, 0.15) is 19.8 Å². The molecule has 2 heterocycles. The molecular formula is C14H28N4O. The first kappa shape index (κ1) is 14.8. The SMILES string of the molecule is CCN1CCN(CCNC(=O)C2CCCNC2)CC1. The molecular weight excluding hydrogens is 240 g/mol. The van der Waals surface area contributed by atoms with Gasteiger partial charge < -0.3 is 15.5 Å². The lowest BCUT2D eigenvalue weighted by atomic mass is 9.99. The van der Waals surface area contributed by atoms with E-state index in [2.05, 4.69) is 27.4 Å². The maximum atomic E-state index is 12.0. The number of amides is 1. The molecule has 1 amide bonds. The highest BCUT2D eigenvalue weighted by molar-refractivity contribution is 5.78. The molecule has 0 aromatic heterocycles. The summed E-state index contributed by atoms with van der Waals surface area (Å²) in [7, 11) is 0. The molecule has 1 atom stereocenters. The van der Waals surface area contributed by atoms with Crippen LogP contribution in [-0.2, 0) is 4.79 Å². The van der Waals surface area contributed by atoms with Crippen molar-refractivity contribution < 1.29 is 4.79 Å². The molecule has 1 unspecified atom stereocenters. The zero-order valence-corrected chi connectivity index (χ0v) is 12.2. The largest absolute Gasteiger partial charge is 0.355 e. The number of piperazine rings is 1. The van der Waals surface area contributed by atoms with Gasteiger partial charge in [0.25, 0.3) is 0 Å². The normalized spacial score (nSPS) is 26.3. The molecule has 5 nitrogen and oxygen atoms in total. The fourth-order valence-electron chi connectivity index (χ4n) is 2.89. The van der Waals surface area contributed by atoms with Crippen LogP contribution in [-0.4, -0.2) is 74.6 Å². The second-order valence-corrected chi connectivity index (χ2v) is 5.61. The van der Waals surface area contributed by atoms with Crippen molar-refractivity contribution in [3.63, 3.8) is 0 Å². The lowest BCUT2D eigenvalue weighted by Crippen LogP contribution is -2.49. The molecule has 0 saturated carbocycles. The van der Waals surface area contributed by atoms with Crippen LogP contribution in [0.4, 0.5) is 0 Å². The Labute approximate surface area is 116 Å². The van der Waals surface area contributed by atoms with E-state index in [9.17, 15) is 4.79 Å². The molecule has 2 fully saturated rings. The molecule has 2 N–H and O–H groups in total. The highest BCUT2D eigenvalue weighted by Gasteiger charge is 2.21. The van der Waals surface area contributed by atoms with Crippen molar-refractivity contribution in [1.82, 2.24) is 20.4 Å². The standard InChI is InChI=1S/C14H28N4O/c1-2-17-8-10-18(11-9-17)7-6-16-14(19)13-4-3-5-15-12-13/h13,15H,2-12H2,1H3,(H,16,19). The van der Waals surface area contributed by atoms with Gasteiger partial charge in [-0.2, -0.15) is 0 Å². The van der Waals surface area contributed by atoms with Gasteiger partial charge in [-0.3, -0.25) is 9.69 Å². The van der Waals surface area contributed by atoms with Gasteiger partial charge in [0, 0.05) is 45.8 Å². The lowest BCUT2D eigenvalue weighted by molar-refractivity contribution is -0.125. The minimum atomic E-state index is 0.186. The average Bonchev–Trinajstić information content (AvgIpc) is 2.49. The van der Waals surface area contributed by atoms with Gasteiger partial charge in [-0.25, -0.2) is 0 Å². The topological polar surface area (TPSA) is 47.6 Å². The number of piperidine rings is 1. The molecule has 2 aliphatic rings. The van der Waals surface area contributed by atoms with Crippen molar-refractivity contribution in [3.8, 4) is 0 Å². The smallest absolute Gasteiger partial charge is 0.224 e. The van der Waals surface area contributed by atoms with E-state index in [0.717, 1.165) is 71.7 Å². The summed E-state index contributed by atoms with van der Waals surface area (Å²) in [4.78, 5) is 16.9. The van der Waals surface area contributed by atoms with Gasteiger partial charge in [0.2, 0.25) is 5.91 Å². The van der Waals surface area contributed by atoms with Crippen molar-refractivity contribution in [2.45, 2.75) is 19.8 Å². The highest BCUT2D eigenvalue weighted by atomic mass is 16.1. The van der Waals surface area contributed by atoms with Crippen molar-refractivity contribution in [2.24, 2.45) is 5.92 Å². The molecule has 2 aliphatic heterocycles. The number of nitrogens with zero attached hydrogens (tertiary/aromatic N) is 2. The molecule has 5 heteroatoms. The number of likely N-dealkylation sites (N-methyl/N-ethyl adjacent to an activating group) is 1. The predicted octanol–water partition coefficient (Wildman–Crippen LogP) is -0.260. The average molecular weight is 268 g/mol. The van der Waals surface area contributed by atoms with Gasteiger partial charge in [-0.05, 0) is 25.9 Å². The molecule has 0 aromatic carbocycles. The van der Waals surface area contributed by atoms with Crippen molar-refractivity contribution in [1.29, 1.82) is 0 Å². The first-order valence-corrected chi connectivity index (χ1v) is 7.72. The summed E-state index contributed by atoms with van der Waals surface area (Å²) in [6.45, 7) is 11.7. The summed E-state index contributed by atoms with van der Waals surface area (Å²) in [6, 6.07) is 0. The van der Waals surface area contributed by atoms with E-state index in [0.29, 0.717) is 0 Å². The summed E-state index contributed by atoms with van der Waals surface area (Å²) in [5, 5.41) is 6.38. The summed E-state index contributed by atoms with van der Waals surface area (Å²) in [6.07, 6.45) is 2.16. The molecule has 0 spiro atoms. The Kier molecular flexibility index (Phi) is 6.07. The molecule has 2 saturated heterocycles. The van der Waals surface area contributed by atoms with Crippen molar-refractivity contribution in [3.05, 3.63) is 0 Å². The Morgan fingerprint density at radius 2 is 2.00 bits per heavy atom. The Hall–Kier alpha value is -0.650. The Balaban J connectivity index is 1.57. The van der Waals surface area contributed by atoms with Crippen LogP contribution < -0.4 is 10.6 Å². The van der Waals surface area contributed by atoms with Crippen LogP contribution in [0.25, 0.3) is 0 Å². The number of carbonyl (C=O) groups excluding carboxylic acids is 1. The van der Waals surface area contributed by atoms with Crippen LogP contribution in [0.5, 0.6) is 0 Å². The minimum absolute atomic E-state index is 0.186. The molecule has 2 rings (SSSR count). The summed E-state index contributed by atoms with van der Waals surface area (Å²) >= 11 is 0. The van der Waals surface area contributed by atoms with Crippen LogP contribution >= 0.6 is 0 Å². The quantitative estimate of drug-likeness (QED) is 0.721. The van der Waals surface area contributed by atoms with E-state index in [1.807, 2.05) is 0 Å². The van der Waals surface area contributed by atoms with E-state index in [-0.39, 0.29) is 11.8 Å². The van der Waals surface area contributed by atoms with Crippen molar-refractivity contribution >= 4 is 5.91 Å². The van der Waals surface area contributed by atoms with Gasteiger partial charge in [0.1, 0.15) is 0 Å². The third-order valence-electron chi connectivity index (χ3n) is 4.31. The molecule has 0 aromatic rings. The number of nitrogens with one attached hydrogen (secondary N) is 2. The van der Waals surface area contributed by atoms with Gasteiger partial charge in [-0.1, -0.05) is 6.92 Å². The van der Waals surface area contributed by atoms with Crippen LogP contribution in [0.15, 0.2) is 0 Å². The maximum Gasteiger partial charge on any atom is 0.224 e. The molecule has 0 bridgehead atoms. The fourth-order valence-corrected chi connectivity index (χ4v) is 2.89. The van der Waals surface area contributed by atoms with E-state index < -0.39 is 0 Å². The van der Waals surface area contributed by atoms with E-state index in [1.54, 1.807) is 0 Å². The Morgan fingerprint density at radius 3 is 2.63 bits per heavy atom. The first-order valence-electron chi connectivity index (χ1n) is 7.72. The first-order chi connectivity index (χ1) is 9.29. The monoisotopic (exact) mass is 268 g/mol. The number of hydrogen-bond acceptors (Lipinski definition) is 4. The van der Waals surface area contributed by atoms with Gasteiger partial charge in [-0.15, -0.1) is 0 Å². The molecule has 0 radical (unpaired) electrons. The van der Waals surface area contributed by atoms with Gasteiger partial charge in [0.05, 0.1) is 5.92 Å². The minimum Gasteiger partial charge on any atom is -0.355 e. The third kappa shape index (κ3) is 4.75. The van der Waals surface area contributed by atoms with Crippen LogP contribution in [0.2, 0.25) is 0 Å². The van der Waals surface area contributed by atoms with Crippen molar-refractivity contribution in [2.75, 3.05) is 58.9 Å². The Bertz CT molecular complexity index is 271. The Morgan fingerprint density at radius 1 is 1.26 bits per heavy atom.